The van der Waals surface area contributed by atoms with Gasteiger partial charge in [0.2, 0.25) is 0 Å². The highest BCUT2D eigenvalue weighted by Gasteiger charge is 2.27. The summed E-state index contributed by atoms with van der Waals surface area (Å²) in [7, 11) is 2.08. The monoisotopic (exact) mass is 314 g/mol. The van der Waals surface area contributed by atoms with Crippen LogP contribution in [0, 0.1) is 0 Å². The van der Waals surface area contributed by atoms with Crippen LogP contribution in [0.1, 0.15) is 45.1 Å². The normalized spacial score (nSPS) is 16.8. The van der Waals surface area contributed by atoms with Crippen molar-refractivity contribution in [2.24, 2.45) is 7.05 Å². The number of rotatable bonds is 1. The zero-order valence-corrected chi connectivity index (χ0v) is 14.5. The predicted octanol–water partition coefficient (Wildman–Crippen LogP) is 4.29. The Morgan fingerprint density at radius 3 is 2.52 bits per heavy atom. The minimum atomic E-state index is -0.425. The third-order valence-electron chi connectivity index (χ3n) is 4.53. The smallest absolute Gasteiger partial charge is 0.410 e. The van der Waals surface area contributed by atoms with E-state index in [-0.39, 0.29) is 6.09 Å². The fraction of sp³-hybridized carbons (Fsp3) is 0.526. The number of benzene rings is 1. The lowest BCUT2D eigenvalue weighted by molar-refractivity contribution is 0.0205. The summed E-state index contributed by atoms with van der Waals surface area (Å²) in [5, 5.41) is 1.28. The Morgan fingerprint density at radius 1 is 1.17 bits per heavy atom. The molecule has 2 aromatic rings. The highest BCUT2D eigenvalue weighted by molar-refractivity contribution is 5.80. The lowest BCUT2D eigenvalue weighted by atomic mass is 9.89. The molecule has 1 fully saturated rings. The highest BCUT2D eigenvalue weighted by atomic mass is 16.6. The molecule has 4 heteroatoms. The van der Waals surface area contributed by atoms with Gasteiger partial charge >= 0.3 is 6.09 Å². The van der Waals surface area contributed by atoms with Crippen LogP contribution in [0.25, 0.3) is 10.9 Å². The number of aromatic nitrogens is 1. The molecule has 1 aliphatic heterocycles. The first-order chi connectivity index (χ1) is 10.8. The van der Waals surface area contributed by atoms with E-state index in [1.807, 2.05) is 25.7 Å². The van der Waals surface area contributed by atoms with Crippen molar-refractivity contribution in [1.29, 1.82) is 0 Å². The molecular formula is C19H26N2O2. The molecular weight excluding hydrogens is 288 g/mol. The number of ether oxygens (including phenoxy) is 1. The van der Waals surface area contributed by atoms with Gasteiger partial charge in [-0.2, -0.15) is 0 Å². The fourth-order valence-electron chi connectivity index (χ4n) is 3.26. The molecule has 1 aromatic carbocycles. The molecule has 0 radical (unpaired) electrons. The molecule has 4 nitrogen and oxygen atoms in total. The van der Waals surface area contributed by atoms with E-state index < -0.39 is 5.60 Å². The van der Waals surface area contributed by atoms with Gasteiger partial charge in [-0.25, -0.2) is 4.79 Å². The summed E-state index contributed by atoms with van der Waals surface area (Å²) in [4.78, 5) is 14.0. The lowest BCUT2D eigenvalue weighted by Gasteiger charge is -2.33. The molecule has 0 unspecified atom stereocenters. The van der Waals surface area contributed by atoms with Gasteiger partial charge in [0, 0.05) is 31.9 Å². The van der Waals surface area contributed by atoms with Gasteiger partial charge in [-0.1, -0.05) is 12.1 Å². The Hall–Kier alpha value is -1.97. The van der Waals surface area contributed by atoms with Gasteiger partial charge in [-0.15, -0.1) is 0 Å². The number of hydrogen-bond acceptors (Lipinski definition) is 2. The van der Waals surface area contributed by atoms with Crippen molar-refractivity contribution in [2.45, 2.75) is 45.1 Å². The van der Waals surface area contributed by atoms with Crippen LogP contribution in [0.15, 0.2) is 30.5 Å². The van der Waals surface area contributed by atoms with Crippen LogP contribution >= 0.6 is 0 Å². The average Bonchev–Trinajstić information content (AvgIpc) is 2.87. The summed E-state index contributed by atoms with van der Waals surface area (Å²) < 4.78 is 7.63. The van der Waals surface area contributed by atoms with E-state index in [2.05, 4.69) is 42.1 Å². The maximum absolute atomic E-state index is 12.1. The molecule has 0 aliphatic carbocycles. The summed E-state index contributed by atoms with van der Waals surface area (Å²) >= 11 is 0. The van der Waals surface area contributed by atoms with Crippen molar-refractivity contribution < 1.29 is 9.53 Å². The van der Waals surface area contributed by atoms with Gasteiger partial charge in [-0.3, -0.25) is 0 Å². The Morgan fingerprint density at radius 2 is 1.87 bits per heavy atom. The molecule has 0 bridgehead atoms. The molecule has 1 aliphatic rings. The quantitative estimate of drug-likeness (QED) is 0.787. The van der Waals surface area contributed by atoms with E-state index in [4.69, 9.17) is 4.74 Å². The lowest BCUT2D eigenvalue weighted by Crippen LogP contribution is -2.41. The molecule has 0 atom stereocenters. The summed E-state index contributed by atoms with van der Waals surface area (Å²) in [5.74, 6) is 0.521. The molecule has 23 heavy (non-hydrogen) atoms. The van der Waals surface area contributed by atoms with Gasteiger partial charge in [-0.05, 0) is 62.6 Å². The number of hydrogen-bond donors (Lipinski definition) is 0. The first-order valence-corrected chi connectivity index (χ1v) is 8.36. The standard InChI is InChI=1S/C19H26N2O2/c1-19(2,3)23-18(22)21-11-8-14(9-12-21)16-6-5-15-7-10-20(4)17(15)13-16/h5-7,10,13-14H,8-9,11-12H2,1-4H3. The van der Waals surface area contributed by atoms with Crippen molar-refractivity contribution in [3.8, 4) is 0 Å². The van der Waals surface area contributed by atoms with Crippen molar-refractivity contribution >= 4 is 17.0 Å². The first-order valence-electron chi connectivity index (χ1n) is 8.36. The molecule has 0 spiro atoms. The third-order valence-corrected chi connectivity index (χ3v) is 4.53. The number of likely N-dealkylation sites (tertiary alicyclic amines) is 1. The van der Waals surface area contributed by atoms with Crippen LogP contribution in [0.4, 0.5) is 4.79 Å². The molecule has 0 N–H and O–H groups in total. The Labute approximate surface area is 138 Å². The average molecular weight is 314 g/mol. The molecule has 1 saturated heterocycles. The number of amides is 1. The number of piperidine rings is 1. The number of fused-ring (bicyclic) bond motifs is 1. The number of carbonyl (C=O) groups is 1. The van der Waals surface area contributed by atoms with Crippen molar-refractivity contribution in [3.05, 3.63) is 36.0 Å². The van der Waals surface area contributed by atoms with Crippen molar-refractivity contribution in [2.75, 3.05) is 13.1 Å². The van der Waals surface area contributed by atoms with Crippen LogP contribution in [0.5, 0.6) is 0 Å². The van der Waals surface area contributed by atoms with E-state index >= 15 is 0 Å². The molecule has 2 heterocycles. The number of aryl methyl sites for hydroxylation is 1. The largest absolute Gasteiger partial charge is 0.444 e. The second-order valence-corrected chi connectivity index (χ2v) is 7.49. The van der Waals surface area contributed by atoms with Crippen molar-refractivity contribution in [3.63, 3.8) is 0 Å². The molecule has 1 aromatic heterocycles. The minimum Gasteiger partial charge on any atom is -0.444 e. The highest BCUT2D eigenvalue weighted by Crippen LogP contribution is 2.30. The summed E-state index contributed by atoms with van der Waals surface area (Å²) in [6.07, 6.45) is 3.90. The van der Waals surface area contributed by atoms with Gasteiger partial charge in [0.05, 0.1) is 0 Å². The second kappa shape index (κ2) is 5.91. The van der Waals surface area contributed by atoms with E-state index in [1.54, 1.807) is 0 Å². The van der Waals surface area contributed by atoms with Gasteiger partial charge in [0.1, 0.15) is 5.60 Å². The topological polar surface area (TPSA) is 34.5 Å². The van der Waals surface area contributed by atoms with Gasteiger partial charge < -0.3 is 14.2 Å². The second-order valence-electron chi connectivity index (χ2n) is 7.49. The first kappa shape index (κ1) is 15.9. The van der Waals surface area contributed by atoms with E-state index in [1.165, 1.54) is 16.5 Å². The summed E-state index contributed by atoms with van der Waals surface area (Å²) in [6, 6.07) is 8.87. The van der Waals surface area contributed by atoms with E-state index in [0.29, 0.717) is 5.92 Å². The Balaban J connectivity index is 1.66. The maximum atomic E-state index is 12.1. The molecule has 0 saturated carbocycles. The van der Waals surface area contributed by atoms with Gasteiger partial charge in [0.25, 0.3) is 0 Å². The SMILES string of the molecule is Cn1ccc2ccc(C3CCN(C(=O)OC(C)(C)C)CC3)cc21. The van der Waals surface area contributed by atoms with Crippen LogP contribution in [0.3, 0.4) is 0 Å². The minimum absolute atomic E-state index is 0.186. The number of nitrogens with zero attached hydrogens (tertiary/aromatic N) is 2. The van der Waals surface area contributed by atoms with Crippen LogP contribution in [0.2, 0.25) is 0 Å². The van der Waals surface area contributed by atoms with Crippen LogP contribution in [-0.4, -0.2) is 34.3 Å². The zero-order chi connectivity index (χ0) is 16.6. The van der Waals surface area contributed by atoms with Crippen LogP contribution in [-0.2, 0) is 11.8 Å². The Bertz CT molecular complexity index is 704. The molecule has 124 valence electrons. The fourth-order valence-corrected chi connectivity index (χ4v) is 3.26. The van der Waals surface area contributed by atoms with Crippen molar-refractivity contribution in [1.82, 2.24) is 9.47 Å². The van der Waals surface area contributed by atoms with Gasteiger partial charge in [0.15, 0.2) is 0 Å². The number of carbonyl (C=O) groups excluding carboxylic acids is 1. The summed E-state index contributed by atoms with van der Waals surface area (Å²) in [6.45, 7) is 7.27. The molecule has 3 rings (SSSR count). The van der Waals surface area contributed by atoms with E-state index in [0.717, 1.165) is 25.9 Å². The predicted molar refractivity (Wildman–Crippen MR) is 92.7 cm³/mol. The zero-order valence-electron chi connectivity index (χ0n) is 14.5. The third kappa shape index (κ3) is 3.52. The van der Waals surface area contributed by atoms with Crippen LogP contribution < -0.4 is 0 Å². The maximum Gasteiger partial charge on any atom is 0.410 e. The summed E-state index contributed by atoms with van der Waals surface area (Å²) in [5.41, 5.74) is 2.23. The van der Waals surface area contributed by atoms with E-state index in [9.17, 15) is 4.79 Å². The molecule has 1 amide bonds. The Kier molecular flexibility index (Phi) is 4.09.